The van der Waals surface area contributed by atoms with Gasteiger partial charge < -0.3 is 19.1 Å². The summed E-state index contributed by atoms with van der Waals surface area (Å²) >= 11 is 0. The molecule has 3 rings (SSSR count). The molecule has 3 fully saturated rings. The zero-order valence-electron chi connectivity index (χ0n) is 25.1. The van der Waals surface area contributed by atoms with E-state index in [0.29, 0.717) is 6.10 Å². The van der Waals surface area contributed by atoms with E-state index in [1.807, 2.05) is 0 Å². The summed E-state index contributed by atoms with van der Waals surface area (Å²) in [6.45, 7) is 15.4. The summed E-state index contributed by atoms with van der Waals surface area (Å²) in [5, 5.41) is 0. The van der Waals surface area contributed by atoms with Crippen molar-refractivity contribution in [3.05, 3.63) is 0 Å². The zero-order chi connectivity index (χ0) is 26.1. The molecule has 0 heterocycles. The highest BCUT2D eigenvalue weighted by Crippen LogP contribution is 2.29. The van der Waals surface area contributed by atoms with E-state index >= 15 is 0 Å². The summed E-state index contributed by atoms with van der Waals surface area (Å²) in [6.07, 6.45) is 21.6. The van der Waals surface area contributed by atoms with Gasteiger partial charge in [-0.05, 0) is 113 Å². The first-order valence-corrected chi connectivity index (χ1v) is 16.6. The molecular formula is C33H63NO3. The van der Waals surface area contributed by atoms with E-state index in [9.17, 15) is 0 Å². The van der Waals surface area contributed by atoms with Crippen molar-refractivity contribution in [1.29, 1.82) is 0 Å². The summed E-state index contributed by atoms with van der Waals surface area (Å²) in [7, 11) is 0. The van der Waals surface area contributed by atoms with Crippen LogP contribution in [0.5, 0.6) is 0 Å². The Labute approximate surface area is 231 Å². The molecule has 0 radical (unpaired) electrons. The van der Waals surface area contributed by atoms with Crippen molar-refractivity contribution in [3.63, 3.8) is 0 Å². The van der Waals surface area contributed by atoms with Crippen LogP contribution in [0.1, 0.15) is 124 Å². The maximum atomic E-state index is 6.21. The molecule has 0 aromatic carbocycles. The van der Waals surface area contributed by atoms with Crippen LogP contribution in [-0.2, 0) is 14.2 Å². The van der Waals surface area contributed by atoms with E-state index in [1.54, 1.807) is 0 Å². The van der Waals surface area contributed by atoms with E-state index in [-0.39, 0.29) is 0 Å². The minimum absolute atomic E-state index is 0.529. The highest BCUT2D eigenvalue weighted by molar-refractivity contribution is 4.72. The SMILES string of the molecule is CC1CCC(COCCCN(CCCCOC2CCC(C)CC2)CCCOCC2CCC(C)CC2)CC1. The van der Waals surface area contributed by atoms with Crippen LogP contribution in [0, 0.1) is 29.6 Å². The van der Waals surface area contributed by atoms with Gasteiger partial charge in [-0.15, -0.1) is 0 Å². The second-order valence-electron chi connectivity index (χ2n) is 13.4. The molecule has 3 aliphatic rings. The molecule has 218 valence electrons. The van der Waals surface area contributed by atoms with Crippen LogP contribution in [0.3, 0.4) is 0 Å². The second-order valence-corrected chi connectivity index (χ2v) is 13.4. The summed E-state index contributed by atoms with van der Waals surface area (Å²) in [4.78, 5) is 2.67. The number of rotatable bonds is 18. The fourth-order valence-electron chi connectivity index (χ4n) is 6.69. The predicted octanol–water partition coefficient (Wildman–Crippen LogP) is 8.13. The molecule has 0 aliphatic heterocycles. The zero-order valence-corrected chi connectivity index (χ0v) is 25.1. The van der Waals surface area contributed by atoms with E-state index < -0.39 is 0 Å². The van der Waals surface area contributed by atoms with Crippen molar-refractivity contribution in [2.75, 3.05) is 52.7 Å². The van der Waals surface area contributed by atoms with E-state index in [0.717, 1.165) is 88.6 Å². The lowest BCUT2D eigenvalue weighted by Gasteiger charge is -2.27. The van der Waals surface area contributed by atoms with Crippen molar-refractivity contribution in [3.8, 4) is 0 Å². The third-order valence-electron chi connectivity index (χ3n) is 9.69. The number of hydrogen-bond donors (Lipinski definition) is 0. The molecule has 0 aromatic heterocycles. The molecule has 0 unspecified atom stereocenters. The topological polar surface area (TPSA) is 30.9 Å². The summed E-state index contributed by atoms with van der Waals surface area (Å²) in [5.41, 5.74) is 0. The Bertz CT molecular complexity index is 458. The Kier molecular flexibility index (Phi) is 16.1. The number of hydrogen-bond acceptors (Lipinski definition) is 4. The van der Waals surface area contributed by atoms with Gasteiger partial charge in [-0.1, -0.05) is 46.5 Å². The van der Waals surface area contributed by atoms with Gasteiger partial charge >= 0.3 is 0 Å². The first-order chi connectivity index (χ1) is 18.1. The maximum absolute atomic E-state index is 6.21. The predicted molar refractivity (Wildman–Crippen MR) is 156 cm³/mol. The van der Waals surface area contributed by atoms with E-state index in [1.165, 1.54) is 96.4 Å². The number of unbranched alkanes of at least 4 members (excludes halogenated alkanes) is 1. The van der Waals surface area contributed by atoms with Crippen molar-refractivity contribution in [2.45, 2.75) is 130 Å². The first-order valence-electron chi connectivity index (χ1n) is 16.6. The summed E-state index contributed by atoms with van der Waals surface area (Å²) in [5.74, 6) is 4.38. The Hall–Kier alpha value is -0.160. The first kappa shape index (κ1) is 31.4. The molecule has 3 saturated carbocycles. The average molecular weight is 522 g/mol. The molecule has 0 spiro atoms. The van der Waals surface area contributed by atoms with Crippen molar-refractivity contribution in [2.24, 2.45) is 29.6 Å². The molecule has 4 nitrogen and oxygen atoms in total. The lowest BCUT2D eigenvalue weighted by atomic mass is 9.83. The molecule has 0 bridgehead atoms. The second kappa shape index (κ2) is 19.0. The van der Waals surface area contributed by atoms with Crippen LogP contribution in [0.4, 0.5) is 0 Å². The minimum Gasteiger partial charge on any atom is -0.381 e. The van der Waals surface area contributed by atoms with Crippen LogP contribution in [0.15, 0.2) is 0 Å². The summed E-state index contributed by atoms with van der Waals surface area (Å²) < 4.78 is 18.5. The van der Waals surface area contributed by atoms with Gasteiger partial charge in [-0.2, -0.15) is 0 Å². The van der Waals surface area contributed by atoms with Gasteiger partial charge in [-0.25, -0.2) is 0 Å². The van der Waals surface area contributed by atoms with Gasteiger partial charge in [0.1, 0.15) is 0 Å². The average Bonchev–Trinajstić information content (AvgIpc) is 2.90. The van der Waals surface area contributed by atoms with Crippen LogP contribution in [0.25, 0.3) is 0 Å². The fourth-order valence-corrected chi connectivity index (χ4v) is 6.69. The molecule has 0 amide bonds. The van der Waals surface area contributed by atoms with Crippen LogP contribution >= 0.6 is 0 Å². The van der Waals surface area contributed by atoms with Gasteiger partial charge in [0, 0.05) is 46.1 Å². The Morgan fingerprint density at radius 2 is 0.919 bits per heavy atom. The van der Waals surface area contributed by atoms with Crippen molar-refractivity contribution >= 4 is 0 Å². The highest BCUT2D eigenvalue weighted by Gasteiger charge is 2.20. The largest absolute Gasteiger partial charge is 0.381 e. The molecule has 0 saturated heterocycles. The van der Waals surface area contributed by atoms with Crippen molar-refractivity contribution in [1.82, 2.24) is 4.90 Å². The molecule has 4 heteroatoms. The normalized spacial score (nSPS) is 31.1. The Morgan fingerprint density at radius 3 is 1.41 bits per heavy atom. The molecule has 0 atom stereocenters. The van der Waals surface area contributed by atoms with Gasteiger partial charge in [0.2, 0.25) is 0 Å². The lowest BCUT2D eigenvalue weighted by Crippen LogP contribution is -2.29. The standard InChI is InChI=1S/C33H63NO3/c1-28-8-14-31(15-9-28)26-35-23-6-21-34(20-4-5-25-37-33-18-12-30(3)13-19-33)22-7-24-36-27-32-16-10-29(2)11-17-32/h28-33H,4-27H2,1-3H3. The minimum atomic E-state index is 0.529. The highest BCUT2D eigenvalue weighted by atomic mass is 16.5. The molecular weight excluding hydrogens is 458 g/mol. The summed E-state index contributed by atoms with van der Waals surface area (Å²) in [6, 6.07) is 0. The van der Waals surface area contributed by atoms with Crippen LogP contribution in [-0.4, -0.2) is 63.7 Å². The Morgan fingerprint density at radius 1 is 0.486 bits per heavy atom. The van der Waals surface area contributed by atoms with Crippen LogP contribution in [0.2, 0.25) is 0 Å². The van der Waals surface area contributed by atoms with Gasteiger partial charge in [0.05, 0.1) is 6.10 Å². The third-order valence-corrected chi connectivity index (χ3v) is 9.69. The van der Waals surface area contributed by atoms with Crippen LogP contribution < -0.4 is 0 Å². The van der Waals surface area contributed by atoms with Gasteiger partial charge in [0.15, 0.2) is 0 Å². The van der Waals surface area contributed by atoms with E-state index in [2.05, 4.69) is 25.7 Å². The van der Waals surface area contributed by atoms with Crippen molar-refractivity contribution < 1.29 is 14.2 Å². The smallest absolute Gasteiger partial charge is 0.0575 e. The molecule has 0 N–H and O–H groups in total. The fraction of sp³-hybridized carbons (Fsp3) is 1.00. The monoisotopic (exact) mass is 521 g/mol. The molecule has 37 heavy (non-hydrogen) atoms. The van der Waals surface area contributed by atoms with Gasteiger partial charge in [-0.3, -0.25) is 0 Å². The number of nitrogens with zero attached hydrogens (tertiary/aromatic N) is 1. The lowest BCUT2D eigenvalue weighted by molar-refractivity contribution is 0.0169. The molecule has 3 aliphatic carbocycles. The third kappa shape index (κ3) is 14.2. The van der Waals surface area contributed by atoms with Gasteiger partial charge in [0.25, 0.3) is 0 Å². The van der Waals surface area contributed by atoms with E-state index in [4.69, 9.17) is 14.2 Å². The Balaban J connectivity index is 1.25. The molecule has 0 aromatic rings. The number of ether oxygens (including phenoxy) is 3. The maximum Gasteiger partial charge on any atom is 0.0575 e. The quantitative estimate of drug-likeness (QED) is 0.170.